The molecule has 0 radical (unpaired) electrons. The molecular weight excluding hydrogens is 246 g/mol. The van der Waals surface area contributed by atoms with Gasteiger partial charge in [0, 0.05) is 37.7 Å². The van der Waals surface area contributed by atoms with Crippen LogP contribution < -0.4 is 10.2 Å². The summed E-state index contributed by atoms with van der Waals surface area (Å²) in [5, 5.41) is 3.21. The molecule has 0 fully saturated rings. The Morgan fingerprint density at radius 2 is 1.90 bits per heavy atom. The molecule has 0 aliphatic carbocycles. The van der Waals surface area contributed by atoms with Crippen LogP contribution >= 0.6 is 0 Å². The van der Waals surface area contributed by atoms with Crippen molar-refractivity contribution in [2.75, 3.05) is 18.5 Å². The summed E-state index contributed by atoms with van der Waals surface area (Å²) in [6, 6.07) is 10.9. The largest absolute Gasteiger partial charge is 0.367 e. The van der Waals surface area contributed by atoms with E-state index in [1.54, 1.807) is 0 Å². The van der Waals surface area contributed by atoms with Gasteiger partial charge in [-0.25, -0.2) is 0 Å². The van der Waals surface area contributed by atoms with Crippen LogP contribution in [0.25, 0.3) is 0 Å². The predicted molar refractivity (Wildman–Crippen MR) is 84.9 cm³/mol. The number of aromatic nitrogens is 1. The normalized spacial score (nSPS) is 10.6. The van der Waals surface area contributed by atoms with E-state index in [4.69, 9.17) is 0 Å². The van der Waals surface area contributed by atoms with E-state index < -0.39 is 0 Å². The summed E-state index contributed by atoms with van der Waals surface area (Å²) in [4.78, 5) is 6.45. The van der Waals surface area contributed by atoms with Crippen LogP contribution in [0.4, 0.5) is 5.69 Å². The Morgan fingerprint density at radius 3 is 2.50 bits per heavy atom. The van der Waals surface area contributed by atoms with Crippen molar-refractivity contribution < 1.29 is 0 Å². The van der Waals surface area contributed by atoms with Crippen LogP contribution in [-0.2, 0) is 13.1 Å². The van der Waals surface area contributed by atoms with Crippen molar-refractivity contribution in [2.45, 2.75) is 26.9 Å². The van der Waals surface area contributed by atoms with Crippen molar-refractivity contribution in [3.05, 3.63) is 59.4 Å². The molecule has 0 amide bonds. The summed E-state index contributed by atoms with van der Waals surface area (Å²) in [7, 11) is 1.98. The van der Waals surface area contributed by atoms with Crippen LogP contribution in [0.2, 0.25) is 0 Å². The Labute approximate surface area is 121 Å². The van der Waals surface area contributed by atoms with E-state index in [0.717, 1.165) is 19.6 Å². The number of benzene rings is 1. The molecule has 0 saturated carbocycles. The molecule has 1 aromatic carbocycles. The van der Waals surface area contributed by atoms with Gasteiger partial charge < -0.3 is 10.2 Å². The lowest BCUT2D eigenvalue weighted by Crippen LogP contribution is -2.22. The van der Waals surface area contributed by atoms with Crippen molar-refractivity contribution in [3.8, 4) is 0 Å². The zero-order valence-electron chi connectivity index (χ0n) is 12.6. The molecule has 106 valence electrons. The molecule has 2 rings (SSSR count). The molecule has 1 heterocycles. The van der Waals surface area contributed by atoms with Crippen LogP contribution in [0, 0.1) is 6.92 Å². The second-order valence-electron chi connectivity index (χ2n) is 5.01. The second kappa shape index (κ2) is 7.06. The number of pyridine rings is 1. The number of aryl methyl sites for hydroxylation is 1. The standard InChI is InChI=1S/C17H23N3/c1-4-20(13-15-7-9-19-10-8-15)17-6-5-16(12-18-3)14(2)11-17/h5-11,18H,4,12-13H2,1-3H3. The van der Waals surface area contributed by atoms with E-state index >= 15 is 0 Å². The molecule has 0 aliphatic rings. The first-order chi connectivity index (χ1) is 9.74. The third kappa shape index (κ3) is 3.58. The van der Waals surface area contributed by atoms with Crippen molar-refractivity contribution in [1.82, 2.24) is 10.3 Å². The Kier molecular flexibility index (Phi) is 5.13. The topological polar surface area (TPSA) is 28.2 Å². The van der Waals surface area contributed by atoms with Gasteiger partial charge in [-0.05, 0) is 61.9 Å². The Morgan fingerprint density at radius 1 is 1.15 bits per heavy atom. The zero-order chi connectivity index (χ0) is 14.4. The lowest BCUT2D eigenvalue weighted by atomic mass is 10.1. The summed E-state index contributed by atoms with van der Waals surface area (Å²) >= 11 is 0. The fourth-order valence-electron chi connectivity index (χ4n) is 2.36. The second-order valence-corrected chi connectivity index (χ2v) is 5.01. The summed E-state index contributed by atoms with van der Waals surface area (Å²) in [5.41, 5.74) is 5.27. The molecule has 0 spiro atoms. The highest BCUT2D eigenvalue weighted by molar-refractivity contribution is 5.51. The van der Waals surface area contributed by atoms with Crippen LogP contribution in [0.15, 0.2) is 42.7 Å². The molecule has 0 aliphatic heterocycles. The highest BCUT2D eigenvalue weighted by Crippen LogP contribution is 2.21. The lowest BCUT2D eigenvalue weighted by molar-refractivity contribution is 0.806. The molecule has 0 bridgehead atoms. The van der Waals surface area contributed by atoms with Crippen molar-refractivity contribution in [1.29, 1.82) is 0 Å². The molecule has 1 aromatic heterocycles. The molecule has 20 heavy (non-hydrogen) atoms. The molecule has 1 N–H and O–H groups in total. The first-order valence-electron chi connectivity index (χ1n) is 7.12. The number of anilines is 1. The third-order valence-electron chi connectivity index (χ3n) is 3.56. The highest BCUT2D eigenvalue weighted by atomic mass is 15.1. The minimum Gasteiger partial charge on any atom is -0.367 e. The summed E-state index contributed by atoms with van der Waals surface area (Å²) in [6.45, 7) is 7.20. The SMILES string of the molecule is CCN(Cc1ccncc1)c1ccc(CNC)c(C)c1. The average molecular weight is 269 g/mol. The molecular formula is C17H23N3. The minimum atomic E-state index is 0.919. The molecule has 2 aromatic rings. The number of nitrogens with zero attached hydrogens (tertiary/aromatic N) is 2. The van der Waals surface area contributed by atoms with E-state index in [1.807, 2.05) is 19.4 Å². The first kappa shape index (κ1) is 14.5. The number of nitrogens with one attached hydrogen (secondary N) is 1. The Balaban J connectivity index is 2.17. The van der Waals surface area contributed by atoms with E-state index in [2.05, 4.69) is 59.4 Å². The maximum atomic E-state index is 4.07. The van der Waals surface area contributed by atoms with E-state index in [-0.39, 0.29) is 0 Å². The maximum absolute atomic E-state index is 4.07. The van der Waals surface area contributed by atoms with Gasteiger partial charge in [0.25, 0.3) is 0 Å². The number of hydrogen-bond acceptors (Lipinski definition) is 3. The van der Waals surface area contributed by atoms with Gasteiger partial charge in [0.1, 0.15) is 0 Å². The molecule has 0 unspecified atom stereocenters. The maximum Gasteiger partial charge on any atom is 0.0430 e. The van der Waals surface area contributed by atoms with Crippen LogP contribution in [0.5, 0.6) is 0 Å². The van der Waals surface area contributed by atoms with Gasteiger partial charge in [-0.15, -0.1) is 0 Å². The van der Waals surface area contributed by atoms with Gasteiger partial charge in [-0.1, -0.05) is 6.07 Å². The van der Waals surface area contributed by atoms with Gasteiger partial charge in [0.05, 0.1) is 0 Å². The van der Waals surface area contributed by atoms with Crippen molar-refractivity contribution in [2.24, 2.45) is 0 Å². The van der Waals surface area contributed by atoms with Gasteiger partial charge in [-0.3, -0.25) is 4.98 Å². The average Bonchev–Trinajstić information content (AvgIpc) is 2.48. The van der Waals surface area contributed by atoms with Crippen molar-refractivity contribution in [3.63, 3.8) is 0 Å². The molecule has 3 nitrogen and oxygen atoms in total. The van der Waals surface area contributed by atoms with Crippen LogP contribution in [-0.4, -0.2) is 18.6 Å². The van der Waals surface area contributed by atoms with Crippen LogP contribution in [0.1, 0.15) is 23.6 Å². The number of hydrogen-bond donors (Lipinski definition) is 1. The summed E-state index contributed by atoms with van der Waals surface area (Å²) in [5.74, 6) is 0. The van der Waals surface area contributed by atoms with Gasteiger partial charge >= 0.3 is 0 Å². The number of rotatable bonds is 6. The lowest BCUT2D eigenvalue weighted by Gasteiger charge is -2.24. The highest BCUT2D eigenvalue weighted by Gasteiger charge is 2.07. The molecule has 0 atom stereocenters. The van der Waals surface area contributed by atoms with Crippen LogP contribution in [0.3, 0.4) is 0 Å². The predicted octanol–water partition coefficient (Wildman–Crippen LogP) is 3.14. The van der Waals surface area contributed by atoms with Gasteiger partial charge in [0.15, 0.2) is 0 Å². The Hall–Kier alpha value is -1.87. The van der Waals surface area contributed by atoms with Gasteiger partial charge in [-0.2, -0.15) is 0 Å². The Bertz CT molecular complexity index is 537. The van der Waals surface area contributed by atoms with Gasteiger partial charge in [0.2, 0.25) is 0 Å². The van der Waals surface area contributed by atoms with Crippen molar-refractivity contribution >= 4 is 5.69 Å². The smallest absolute Gasteiger partial charge is 0.0430 e. The zero-order valence-corrected chi connectivity index (χ0v) is 12.6. The molecule has 3 heteroatoms. The van der Waals surface area contributed by atoms with E-state index in [0.29, 0.717) is 0 Å². The molecule has 0 saturated heterocycles. The third-order valence-corrected chi connectivity index (χ3v) is 3.56. The summed E-state index contributed by atoms with van der Waals surface area (Å²) in [6.07, 6.45) is 3.70. The first-order valence-corrected chi connectivity index (χ1v) is 7.12. The van der Waals surface area contributed by atoms with E-state index in [1.165, 1.54) is 22.4 Å². The summed E-state index contributed by atoms with van der Waals surface area (Å²) < 4.78 is 0. The quantitative estimate of drug-likeness (QED) is 0.873. The fraction of sp³-hybridized carbons (Fsp3) is 0.353. The minimum absolute atomic E-state index is 0.919. The monoisotopic (exact) mass is 269 g/mol. The fourth-order valence-corrected chi connectivity index (χ4v) is 2.36. The van der Waals surface area contributed by atoms with E-state index in [9.17, 15) is 0 Å².